The average Bonchev–Trinajstić information content (AvgIpc) is 2.00. The molecule has 0 saturated carbocycles. The highest BCUT2D eigenvalue weighted by atomic mass is 79.9. The molecule has 0 amide bonds. The normalized spacial score (nSPS) is 11.4. The van der Waals surface area contributed by atoms with Gasteiger partial charge in [-0.05, 0) is 18.2 Å². The smallest absolute Gasteiger partial charge is 0.515 e. The number of halogens is 4. The van der Waals surface area contributed by atoms with Gasteiger partial charge in [0.25, 0.3) is 0 Å². The van der Waals surface area contributed by atoms with E-state index in [4.69, 9.17) is 0 Å². The van der Waals surface area contributed by atoms with Crippen molar-refractivity contribution in [1.29, 1.82) is 0 Å². The first-order valence-corrected chi connectivity index (χ1v) is 4.36. The largest absolute Gasteiger partial charge is 0.522 e. The highest BCUT2D eigenvalue weighted by Gasteiger charge is 2.24. The number of ether oxygens (including phenoxy) is 1. The Kier molecular flexibility index (Phi) is 3.25. The van der Waals surface area contributed by atoms with Gasteiger partial charge >= 0.3 is 6.98 Å². The van der Waals surface area contributed by atoms with Gasteiger partial charge in [0.15, 0.2) is 0 Å². The minimum atomic E-state index is -4.88. The third-order valence-corrected chi connectivity index (χ3v) is 1.73. The summed E-state index contributed by atoms with van der Waals surface area (Å²) >= 11 is 3.13. The van der Waals surface area contributed by atoms with Crippen LogP contribution in [0.4, 0.5) is 12.9 Å². The van der Waals surface area contributed by atoms with Crippen molar-refractivity contribution in [3.8, 4) is 5.75 Å². The highest BCUT2D eigenvalue weighted by Crippen LogP contribution is 2.19. The molecular formula is C7H6BBrF3O-. The Bertz CT molecular complexity index is 289. The summed E-state index contributed by atoms with van der Waals surface area (Å²) in [5.41, 5.74) is 0. The number of hydrogen-bond acceptors (Lipinski definition) is 1. The van der Waals surface area contributed by atoms with Crippen LogP contribution in [-0.2, 0) is 0 Å². The molecule has 0 fully saturated rings. The predicted octanol–water partition coefficient (Wildman–Crippen LogP) is 3.21. The molecule has 0 unspecified atom stereocenters. The fourth-order valence-corrected chi connectivity index (χ4v) is 1.13. The zero-order valence-corrected chi connectivity index (χ0v) is 8.10. The van der Waals surface area contributed by atoms with Gasteiger partial charge in [0, 0.05) is 4.47 Å². The van der Waals surface area contributed by atoms with Gasteiger partial charge in [0.05, 0.1) is 6.51 Å². The summed E-state index contributed by atoms with van der Waals surface area (Å²) in [6.07, 6.45) is 0. The van der Waals surface area contributed by atoms with Crippen LogP contribution in [0.25, 0.3) is 0 Å². The third kappa shape index (κ3) is 4.21. The van der Waals surface area contributed by atoms with Crippen LogP contribution in [0.1, 0.15) is 0 Å². The molecule has 13 heavy (non-hydrogen) atoms. The molecule has 0 bridgehead atoms. The summed E-state index contributed by atoms with van der Waals surface area (Å²) in [5, 5.41) is 0. The molecule has 0 atom stereocenters. The zero-order chi connectivity index (χ0) is 9.90. The highest BCUT2D eigenvalue weighted by molar-refractivity contribution is 9.10. The van der Waals surface area contributed by atoms with E-state index in [0.717, 1.165) is 0 Å². The molecule has 6 heteroatoms. The second-order valence-electron chi connectivity index (χ2n) is 2.48. The van der Waals surface area contributed by atoms with Crippen LogP contribution in [0.2, 0.25) is 0 Å². The van der Waals surface area contributed by atoms with Crippen LogP contribution < -0.4 is 4.74 Å². The number of hydrogen-bond donors (Lipinski definition) is 0. The van der Waals surface area contributed by atoms with Gasteiger partial charge in [-0.1, -0.05) is 22.0 Å². The molecule has 0 spiro atoms. The summed E-state index contributed by atoms with van der Waals surface area (Å²) in [6.45, 7) is -6.07. The van der Waals surface area contributed by atoms with Crippen molar-refractivity contribution in [2.24, 2.45) is 0 Å². The minimum Gasteiger partial charge on any atom is -0.522 e. The van der Waals surface area contributed by atoms with Gasteiger partial charge < -0.3 is 17.7 Å². The van der Waals surface area contributed by atoms with Crippen LogP contribution in [0.5, 0.6) is 5.75 Å². The first-order chi connectivity index (χ1) is 5.97. The molecule has 1 aromatic carbocycles. The molecule has 0 radical (unpaired) electrons. The van der Waals surface area contributed by atoms with Crippen LogP contribution >= 0.6 is 15.9 Å². The molecule has 0 aromatic heterocycles. The van der Waals surface area contributed by atoms with Gasteiger partial charge in [-0.2, -0.15) is 0 Å². The standard InChI is InChI=1S/C7H6BBrF3O/c9-6-2-1-3-7(4-6)13-5-8(10,11)12/h1-4H,5H2/q-1. The second-order valence-corrected chi connectivity index (χ2v) is 3.39. The quantitative estimate of drug-likeness (QED) is 0.752. The lowest BCUT2D eigenvalue weighted by atomic mass is 9.95. The molecule has 0 saturated heterocycles. The SMILES string of the molecule is F[B-](F)(F)COc1cccc(Br)c1. The van der Waals surface area contributed by atoms with E-state index in [2.05, 4.69) is 20.7 Å². The zero-order valence-electron chi connectivity index (χ0n) is 6.51. The molecule has 1 nitrogen and oxygen atoms in total. The van der Waals surface area contributed by atoms with Crippen molar-refractivity contribution >= 4 is 22.9 Å². The van der Waals surface area contributed by atoms with E-state index in [9.17, 15) is 12.9 Å². The fourth-order valence-electron chi connectivity index (χ4n) is 0.747. The fraction of sp³-hybridized carbons (Fsp3) is 0.143. The lowest BCUT2D eigenvalue weighted by Crippen LogP contribution is -2.26. The Morgan fingerprint density at radius 3 is 2.54 bits per heavy atom. The van der Waals surface area contributed by atoms with E-state index >= 15 is 0 Å². The first-order valence-electron chi connectivity index (χ1n) is 3.57. The Morgan fingerprint density at radius 2 is 2.00 bits per heavy atom. The summed E-state index contributed by atoms with van der Waals surface area (Å²) in [7, 11) is 0. The third-order valence-electron chi connectivity index (χ3n) is 1.24. The maximum absolute atomic E-state index is 11.8. The Morgan fingerprint density at radius 1 is 1.31 bits per heavy atom. The molecule has 1 rings (SSSR count). The van der Waals surface area contributed by atoms with Gasteiger partial charge in [0.2, 0.25) is 0 Å². The number of benzene rings is 1. The Labute approximate surface area is 82.1 Å². The van der Waals surface area contributed by atoms with Crippen molar-refractivity contribution < 1.29 is 17.7 Å². The second kappa shape index (κ2) is 4.04. The van der Waals surface area contributed by atoms with Crippen LogP contribution in [0.3, 0.4) is 0 Å². The summed E-state index contributed by atoms with van der Waals surface area (Å²) < 4.78 is 40.5. The van der Waals surface area contributed by atoms with Crippen molar-refractivity contribution in [2.75, 3.05) is 6.51 Å². The average molecular weight is 254 g/mol. The minimum absolute atomic E-state index is 0.216. The predicted molar refractivity (Wildman–Crippen MR) is 48.7 cm³/mol. The lowest BCUT2D eigenvalue weighted by molar-refractivity contribution is 0.313. The van der Waals surface area contributed by atoms with Crippen molar-refractivity contribution in [3.05, 3.63) is 28.7 Å². The van der Waals surface area contributed by atoms with Crippen LogP contribution in [0, 0.1) is 0 Å². The lowest BCUT2D eigenvalue weighted by Gasteiger charge is -2.14. The summed E-state index contributed by atoms with van der Waals surface area (Å²) in [4.78, 5) is 0. The molecule has 72 valence electrons. The molecule has 0 heterocycles. The van der Waals surface area contributed by atoms with Gasteiger partial charge in [-0.15, -0.1) is 0 Å². The van der Waals surface area contributed by atoms with Crippen molar-refractivity contribution in [2.45, 2.75) is 0 Å². The van der Waals surface area contributed by atoms with E-state index in [1.54, 1.807) is 12.1 Å². The topological polar surface area (TPSA) is 9.23 Å². The molecular weight excluding hydrogens is 248 g/mol. The van der Waals surface area contributed by atoms with Crippen molar-refractivity contribution in [1.82, 2.24) is 0 Å². The van der Waals surface area contributed by atoms with E-state index < -0.39 is 13.5 Å². The molecule has 0 aliphatic rings. The monoisotopic (exact) mass is 253 g/mol. The summed E-state index contributed by atoms with van der Waals surface area (Å²) in [6, 6.07) is 6.29. The van der Waals surface area contributed by atoms with Gasteiger partial charge in [-0.3, -0.25) is 0 Å². The molecule has 0 N–H and O–H groups in total. The maximum atomic E-state index is 11.8. The maximum Gasteiger partial charge on any atom is 0.515 e. The molecule has 0 aliphatic carbocycles. The van der Waals surface area contributed by atoms with E-state index in [-0.39, 0.29) is 5.75 Å². The first kappa shape index (κ1) is 10.4. The molecule has 0 aliphatic heterocycles. The Hall–Kier alpha value is -0.645. The van der Waals surface area contributed by atoms with Crippen molar-refractivity contribution in [3.63, 3.8) is 0 Å². The van der Waals surface area contributed by atoms with Gasteiger partial charge in [0.1, 0.15) is 5.75 Å². The summed E-state index contributed by atoms with van der Waals surface area (Å²) in [5.74, 6) is 0.216. The van der Waals surface area contributed by atoms with E-state index in [0.29, 0.717) is 4.47 Å². The van der Waals surface area contributed by atoms with E-state index in [1.165, 1.54) is 12.1 Å². The van der Waals surface area contributed by atoms with Crippen LogP contribution in [-0.4, -0.2) is 13.5 Å². The Balaban J connectivity index is 2.55. The number of rotatable bonds is 3. The van der Waals surface area contributed by atoms with E-state index in [1.807, 2.05) is 0 Å². The molecule has 1 aromatic rings. The van der Waals surface area contributed by atoms with Gasteiger partial charge in [-0.25, -0.2) is 0 Å². The van der Waals surface area contributed by atoms with Crippen LogP contribution in [0.15, 0.2) is 28.7 Å².